The van der Waals surface area contributed by atoms with Crippen molar-refractivity contribution in [2.45, 2.75) is 39.3 Å². The van der Waals surface area contributed by atoms with Gasteiger partial charge in [-0.1, -0.05) is 6.92 Å². The predicted molar refractivity (Wildman–Crippen MR) is 67.9 cm³/mol. The molecule has 1 heterocycles. The Balaban J connectivity index is 2.74. The van der Waals surface area contributed by atoms with Crippen LogP contribution in [0, 0.1) is 0 Å². The molecule has 0 saturated heterocycles. The van der Waals surface area contributed by atoms with E-state index in [2.05, 4.69) is 5.32 Å². The van der Waals surface area contributed by atoms with Crippen molar-refractivity contribution in [3.63, 3.8) is 0 Å². The Morgan fingerprint density at radius 3 is 2.76 bits per heavy atom. The fourth-order valence-corrected chi connectivity index (χ4v) is 1.56. The number of carbonyl (C=O) groups is 1. The minimum atomic E-state index is -0.501. The Kier molecular flexibility index (Phi) is 4.57. The molecule has 0 spiro atoms. The normalized spacial score (nSPS) is 12.8. The maximum Gasteiger partial charge on any atom is 0.268 e. The SMILES string of the molecule is CCC(O)CNC(=O)c1cc(N)cn1C(C)C. The summed E-state index contributed by atoms with van der Waals surface area (Å²) in [5.74, 6) is -0.206. The number of aliphatic hydroxyl groups is 1. The van der Waals surface area contributed by atoms with Crippen LogP contribution in [0.15, 0.2) is 12.3 Å². The standard InChI is InChI=1S/C12H21N3O2/c1-4-10(16)6-14-12(17)11-5-9(13)7-15(11)8(2)3/h5,7-8,10,16H,4,6,13H2,1-3H3,(H,14,17). The van der Waals surface area contributed by atoms with Gasteiger partial charge < -0.3 is 20.7 Å². The van der Waals surface area contributed by atoms with E-state index in [9.17, 15) is 9.90 Å². The lowest BCUT2D eigenvalue weighted by molar-refractivity contribution is 0.0903. The minimum Gasteiger partial charge on any atom is -0.397 e. The summed E-state index contributed by atoms with van der Waals surface area (Å²) >= 11 is 0. The molecule has 5 nitrogen and oxygen atoms in total. The fourth-order valence-electron chi connectivity index (χ4n) is 1.56. The molecule has 0 radical (unpaired) electrons. The lowest BCUT2D eigenvalue weighted by Crippen LogP contribution is -2.33. The van der Waals surface area contributed by atoms with Crippen LogP contribution in [0.1, 0.15) is 43.7 Å². The smallest absolute Gasteiger partial charge is 0.268 e. The molecule has 0 aliphatic carbocycles. The van der Waals surface area contributed by atoms with Gasteiger partial charge in [0.25, 0.3) is 5.91 Å². The van der Waals surface area contributed by atoms with E-state index >= 15 is 0 Å². The third-order valence-electron chi connectivity index (χ3n) is 2.63. The lowest BCUT2D eigenvalue weighted by Gasteiger charge is -2.14. The molecule has 0 aliphatic rings. The van der Waals surface area contributed by atoms with Gasteiger partial charge in [0.1, 0.15) is 5.69 Å². The van der Waals surface area contributed by atoms with E-state index < -0.39 is 6.10 Å². The van der Waals surface area contributed by atoms with Gasteiger partial charge in [-0.3, -0.25) is 4.79 Å². The van der Waals surface area contributed by atoms with Gasteiger partial charge in [0.2, 0.25) is 0 Å². The first kappa shape index (κ1) is 13.6. The minimum absolute atomic E-state index is 0.171. The van der Waals surface area contributed by atoms with E-state index in [0.29, 0.717) is 17.8 Å². The number of nitrogens with two attached hydrogens (primary N) is 1. The second-order valence-corrected chi connectivity index (χ2v) is 4.43. The maximum absolute atomic E-state index is 11.9. The van der Waals surface area contributed by atoms with Gasteiger partial charge >= 0.3 is 0 Å². The van der Waals surface area contributed by atoms with Crippen molar-refractivity contribution in [3.8, 4) is 0 Å². The van der Waals surface area contributed by atoms with Crippen molar-refractivity contribution in [2.75, 3.05) is 12.3 Å². The molecule has 17 heavy (non-hydrogen) atoms. The highest BCUT2D eigenvalue weighted by atomic mass is 16.3. The molecule has 1 rings (SSSR count). The van der Waals surface area contributed by atoms with Gasteiger partial charge in [0.15, 0.2) is 0 Å². The van der Waals surface area contributed by atoms with Crippen molar-refractivity contribution in [1.82, 2.24) is 9.88 Å². The second kappa shape index (κ2) is 5.72. The third-order valence-corrected chi connectivity index (χ3v) is 2.63. The number of aromatic nitrogens is 1. The summed E-state index contributed by atoms with van der Waals surface area (Å²) in [7, 11) is 0. The number of nitrogens with one attached hydrogen (secondary N) is 1. The molecular formula is C12H21N3O2. The number of nitrogens with zero attached hydrogens (tertiary/aromatic N) is 1. The number of hydrogen-bond acceptors (Lipinski definition) is 3. The van der Waals surface area contributed by atoms with E-state index in [-0.39, 0.29) is 18.5 Å². The summed E-state index contributed by atoms with van der Waals surface area (Å²) in [6.07, 6.45) is 1.86. The number of hydrogen-bond donors (Lipinski definition) is 3. The second-order valence-electron chi connectivity index (χ2n) is 4.43. The molecule has 1 amide bonds. The molecule has 1 aromatic rings. The average Bonchev–Trinajstić information content (AvgIpc) is 2.67. The lowest BCUT2D eigenvalue weighted by atomic mass is 10.2. The van der Waals surface area contributed by atoms with Gasteiger partial charge in [-0.25, -0.2) is 0 Å². The fraction of sp³-hybridized carbons (Fsp3) is 0.583. The van der Waals surface area contributed by atoms with E-state index in [4.69, 9.17) is 5.73 Å². The molecule has 0 saturated carbocycles. The zero-order chi connectivity index (χ0) is 13.0. The quantitative estimate of drug-likeness (QED) is 0.721. The molecule has 5 heteroatoms. The molecule has 1 aromatic heterocycles. The van der Waals surface area contributed by atoms with Gasteiger partial charge in [-0.15, -0.1) is 0 Å². The van der Waals surface area contributed by atoms with Gasteiger partial charge in [0.05, 0.1) is 11.8 Å². The maximum atomic E-state index is 11.9. The summed E-state index contributed by atoms with van der Waals surface area (Å²) in [4.78, 5) is 11.9. The van der Waals surface area contributed by atoms with Crippen LogP contribution in [0.2, 0.25) is 0 Å². The number of aliphatic hydroxyl groups excluding tert-OH is 1. The van der Waals surface area contributed by atoms with Crippen molar-refractivity contribution < 1.29 is 9.90 Å². The molecular weight excluding hydrogens is 218 g/mol. The molecule has 0 fully saturated rings. The van der Waals surface area contributed by atoms with E-state index in [0.717, 1.165) is 0 Å². The number of rotatable bonds is 5. The first-order valence-electron chi connectivity index (χ1n) is 5.89. The highest BCUT2D eigenvalue weighted by Crippen LogP contribution is 2.16. The zero-order valence-corrected chi connectivity index (χ0v) is 10.6. The van der Waals surface area contributed by atoms with Crippen molar-refractivity contribution >= 4 is 11.6 Å². The van der Waals surface area contributed by atoms with Crippen molar-refractivity contribution in [1.29, 1.82) is 0 Å². The Labute approximate surface area is 102 Å². The predicted octanol–water partition coefficient (Wildman–Crippen LogP) is 1.15. The summed E-state index contributed by atoms with van der Waals surface area (Å²) in [6, 6.07) is 1.82. The number of carbonyl (C=O) groups excluding carboxylic acids is 1. The third kappa shape index (κ3) is 3.49. The van der Waals surface area contributed by atoms with Crippen LogP contribution in [0.25, 0.3) is 0 Å². The van der Waals surface area contributed by atoms with Crippen LogP contribution in [-0.4, -0.2) is 28.2 Å². The van der Waals surface area contributed by atoms with Gasteiger partial charge in [0, 0.05) is 18.8 Å². The van der Waals surface area contributed by atoms with Crippen LogP contribution in [0.5, 0.6) is 0 Å². The van der Waals surface area contributed by atoms with Crippen LogP contribution >= 0.6 is 0 Å². The van der Waals surface area contributed by atoms with Crippen LogP contribution in [0.3, 0.4) is 0 Å². The molecule has 4 N–H and O–H groups in total. The van der Waals surface area contributed by atoms with Crippen LogP contribution < -0.4 is 11.1 Å². The number of anilines is 1. The average molecular weight is 239 g/mol. The molecule has 0 aliphatic heterocycles. The molecule has 0 aromatic carbocycles. The Bertz CT molecular complexity index is 385. The molecule has 1 unspecified atom stereocenters. The summed E-state index contributed by atoms with van der Waals surface area (Å²) < 4.78 is 1.82. The molecule has 0 bridgehead atoms. The van der Waals surface area contributed by atoms with Crippen LogP contribution in [0.4, 0.5) is 5.69 Å². The van der Waals surface area contributed by atoms with Gasteiger partial charge in [-0.2, -0.15) is 0 Å². The number of nitrogen functional groups attached to an aromatic ring is 1. The van der Waals surface area contributed by atoms with E-state index in [1.165, 1.54) is 0 Å². The summed E-state index contributed by atoms with van der Waals surface area (Å²) in [5, 5.41) is 12.1. The largest absolute Gasteiger partial charge is 0.397 e. The monoisotopic (exact) mass is 239 g/mol. The first-order valence-corrected chi connectivity index (χ1v) is 5.89. The first-order chi connectivity index (χ1) is 7.95. The van der Waals surface area contributed by atoms with Crippen molar-refractivity contribution in [2.24, 2.45) is 0 Å². The Morgan fingerprint density at radius 2 is 2.24 bits per heavy atom. The summed E-state index contributed by atoms with van der Waals surface area (Å²) in [5.41, 5.74) is 6.78. The highest BCUT2D eigenvalue weighted by molar-refractivity contribution is 5.93. The number of amides is 1. The Morgan fingerprint density at radius 1 is 1.59 bits per heavy atom. The molecule has 1 atom stereocenters. The summed E-state index contributed by atoms with van der Waals surface area (Å²) in [6.45, 7) is 6.10. The van der Waals surface area contributed by atoms with Gasteiger partial charge in [-0.05, 0) is 26.3 Å². The topological polar surface area (TPSA) is 80.3 Å². The molecule has 96 valence electrons. The van der Waals surface area contributed by atoms with E-state index in [1.807, 2.05) is 25.3 Å². The van der Waals surface area contributed by atoms with Crippen molar-refractivity contribution in [3.05, 3.63) is 18.0 Å². The zero-order valence-electron chi connectivity index (χ0n) is 10.6. The van der Waals surface area contributed by atoms with Crippen LogP contribution in [-0.2, 0) is 0 Å². The highest BCUT2D eigenvalue weighted by Gasteiger charge is 2.15. The van der Waals surface area contributed by atoms with E-state index in [1.54, 1.807) is 12.3 Å². The Hall–Kier alpha value is -1.49.